The molecule has 8 heteroatoms. The first kappa shape index (κ1) is 18.1. The molecule has 0 aliphatic carbocycles. The molecule has 3 atom stereocenters. The molecule has 19 heavy (non-hydrogen) atoms. The van der Waals surface area contributed by atoms with Crippen molar-refractivity contribution in [3.63, 3.8) is 0 Å². The summed E-state index contributed by atoms with van der Waals surface area (Å²) >= 11 is 0. The molecule has 0 aromatic rings. The molecule has 6 N–H and O–H groups in total. The second kappa shape index (κ2) is 9.08. The van der Waals surface area contributed by atoms with Crippen LogP contribution in [-0.2, 0) is 4.74 Å². The van der Waals surface area contributed by atoms with Gasteiger partial charge in [0.1, 0.15) is 12.7 Å². The number of hydrogen-bond acceptors (Lipinski definition) is 8. The van der Waals surface area contributed by atoms with Gasteiger partial charge in [0, 0.05) is 20.2 Å². The molecule has 0 amide bonds. The van der Waals surface area contributed by atoms with Gasteiger partial charge in [0.15, 0.2) is 11.5 Å². The van der Waals surface area contributed by atoms with Crippen LogP contribution in [0, 0.1) is 0 Å². The van der Waals surface area contributed by atoms with E-state index in [0.29, 0.717) is 0 Å². The van der Waals surface area contributed by atoms with Crippen molar-refractivity contribution in [3.8, 4) is 0 Å². The molecule has 0 rings (SSSR count). The zero-order valence-electron chi connectivity index (χ0n) is 11.1. The van der Waals surface area contributed by atoms with E-state index in [9.17, 15) is 20.4 Å². The third-order valence-corrected chi connectivity index (χ3v) is 2.47. The van der Waals surface area contributed by atoms with Crippen LogP contribution in [0.15, 0.2) is 11.5 Å². The molecule has 0 radical (unpaired) electrons. The maximum Gasteiger partial charge on any atom is 0.163 e. The summed E-state index contributed by atoms with van der Waals surface area (Å²) in [6.07, 6.45) is -3.84. The Kier molecular flexibility index (Phi) is 8.65. The third-order valence-electron chi connectivity index (χ3n) is 2.47. The van der Waals surface area contributed by atoms with E-state index in [2.05, 4.69) is 0 Å². The molecule has 0 saturated heterocycles. The normalized spacial score (nSPS) is 18.1. The van der Waals surface area contributed by atoms with E-state index < -0.39 is 36.4 Å². The molecule has 3 unspecified atom stereocenters. The van der Waals surface area contributed by atoms with E-state index in [1.54, 1.807) is 7.05 Å². The highest BCUT2D eigenvalue weighted by molar-refractivity contribution is 5.06. The molecule has 0 aromatic carbocycles. The standard InChI is InChI=1S/C11H23NO7/c1-12(3-7(14)6-19-2)4-8(15)10(17)11(18)9(16)5-13/h7-8,10,13-18H,3-6H2,1-2H3/b11-9+. The molecule has 0 aromatic heterocycles. The second-order valence-electron chi connectivity index (χ2n) is 4.33. The van der Waals surface area contributed by atoms with Crippen LogP contribution in [0.3, 0.4) is 0 Å². The molecular weight excluding hydrogens is 258 g/mol. The van der Waals surface area contributed by atoms with Gasteiger partial charge in [0.25, 0.3) is 0 Å². The highest BCUT2D eigenvalue weighted by Crippen LogP contribution is 2.09. The summed E-state index contributed by atoms with van der Waals surface area (Å²) in [6.45, 7) is -0.545. The molecule has 0 aliphatic rings. The average Bonchev–Trinajstić information content (AvgIpc) is 2.35. The summed E-state index contributed by atoms with van der Waals surface area (Å²) in [4.78, 5) is 1.53. The predicted molar refractivity (Wildman–Crippen MR) is 66.8 cm³/mol. The maximum atomic E-state index is 9.65. The Labute approximate surface area is 111 Å². The Hall–Kier alpha value is -0.900. The monoisotopic (exact) mass is 281 g/mol. The second-order valence-corrected chi connectivity index (χ2v) is 4.33. The lowest BCUT2D eigenvalue weighted by atomic mass is 10.1. The maximum absolute atomic E-state index is 9.65. The fourth-order valence-corrected chi connectivity index (χ4v) is 1.53. The van der Waals surface area contributed by atoms with Crippen LogP contribution in [0.2, 0.25) is 0 Å². The Morgan fingerprint density at radius 3 is 2.21 bits per heavy atom. The summed E-state index contributed by atoms with van der Waals surface area (Å²) in [5.74, 6) is -1.67. The van der Waals surface area contributed by atoms with Crippen LogP contribution in [-0.4, -0.2) is 94.3 Å². The van der Waals surface area contributed by atoms with Crippen molar-refractivity contribution in [2.75, 3.05) is 40.5 Å². The first-order valence-corrected chi connectivity index (χ1v) is 5.76. The summed E-state index contributed by atoms with van der Waals surface area (Å²) in [7, 11) is 3.05. The molecule has 0 aliphatic heterocycles. The molecular formula is C11H23NO7. The zero-order valence-corrected chi connectivity index (χ0v) is 11.1. The lowest BCUT2D eigenvalue weighted by molar-refractivity contribution is -0.0151. The van der Waals surface area contributed by atoms with E-state index in [0.717, 1.165) is 0 Å². The van der Waals surface area contributed by atoms with Crippen LogP contribution in [0.4, 0.5) is 0 Å². The highest BCUT2D eigenvalue weighted by atomic mass is 16.5. The fraction of sp³-hybridized carbons (Fsp3) is 0.818. The topological polar surface area (TPSA) is 134 Å². The van der Waals surface area contributed by atoms with Gasteiger partial charge < -0.3 is 40.3 Å². The zero-order chi connectivity index (χ0) is 15.0. The van der Waals surface area contributed by atoms with E-state index in [1.807, 2.05) is 0 Å². The fourth-order valence-electron chi connectivity index (χ4n) is 1.53. The molecule has 0 heterocycles. The third kappa shape index (κ3) is 6.71. The van der Waals surface area contributed by atoms with Crippen molar-refractivity contribution in [1.82, 2.24) is 4.90 Å². The van der Waals surface area contributed by atoms with Crippen molar-refractivity contribution in [1.29, 1.82) is 0 Å². The van der Waals surface area contributed by atoms with Crippen molar-refractivity contribution >= 4 is 0 Å². The van der Waals surface area contributed by atoms with Gasteiger partial charge in [-0.1, -0.05) is 0 Å². The van der Waals surface area contributed by atoms with Crippen molar-refractivity contribution in [2.45, 2.75) is 18.3 Å². The number of aliphatic hydroxyl groups is 6. The quantitative estimate of drug-likeness (QED) is 0.266. The van der Waals surface area contributed by atoms with Crippen LogP contribution < -0.4 is 0 Å². The lowest BCUT2D eigenvalue weighted by Gasteiger charge is -2.25. The highest BCUT2D eigenvalue weighted by Gasteiger charge is 2.25. The van der Waals surface area contributed by atoms with Gasteiger partial charge in [-0.3, -0.25) is 0 Å². The van der Waals surface area contributed by atoms with Crippen molar-refractivity contribution < 1.29 is 35.4 Å². The minimum atomic E-state index is -1.71. The van der Waals surface area contributed by atoms with E-state index in [4.69, 9.17) is 14.9 Å². The first-order valence-electron chi connectivity index (χ1n) is 5.76. The minimum absolute atomic E-state index is 0.0509. The summed E-state index contributed by atoms with van der Waals surface area (Å²) < 4.78 is 4.74. The molecule has 114 valence electrons. The predicted octanol–water partition coefficient (Wildman–Crippen LogP) is -2.03. The smallest absolute Gasteiger partial charge is 0.163 e. The average molecular weight is 281 g/mol. The largest absolute Gasteiger partial charge is 0.506 e. The van der Waals surface area contributed by atoms with E-state index in [-0.39, 0.29) is 19.7 Å². The van der Waals surface area contributed by atoms with Crippen LogP contribution in [0.5, 0.6) is 0 Å². The van der Waals surface area contributed by atoms with Gasteiger partial charge in [0.05, 0.1) is 18.8 Å². The number of aliphatic hydroxyl groups excluding tert-OH is 6. The molecule has 0 spiro atoms. The van der Waals surface area contributed by atoms with Crippen LogP contribution in [0.25, 0.3) is 0 Å². The number of likely N-dealkylation sites (N-methyl/N-ethyl adjacent to an activating group) is 1. The number of methoxy groups -OCH3 is 1. The summed E-state index contributed by atoms with van der Waals surface area (Å²) in [6, 6.07) is 0. The molecule has 0 bridgehead atoms. The summed E-state index contributed by atoms with van der Waals surface area (Å²) in [5.41, 5.74) is 0. The van der Waals surface area contributed by atoms with E-state index in [1.165, 1.54) is 12.0 Å². The van der Waals surface area contributed by atoms with Gasteiger partial charge in [-0.15, -0.1) is 0 Å². The Balaban J connectivity index is 4.32. The molecule has 0 fully saturated rings. The SMILES string of the molecule is COCC(O)CN(C)CC(O)C(O)/C(O)=C(\O)CO. The first-order chi connectivity index (χ1) is 8.83. The molecule has 8 nitrogen and oxygen atoms in total. The lowest BCUT2D eigenvalue weighted by Crippen LogP contribution is -2.42. The van der Waals surface area contributed by atoms with Gasteiger partial charge in [-0.05, 0) is 7.05 Å². The number of ether oxygens (including phenoxy) is 1. The van der Waals surface area contributed by atoms with E-state index >= 15 is 0 Å². The number of rotatable bonds is 9. The Morgan fingerprint density at radius 1 is 1.16 bits per heavy atom. The minimum Gasteiger partial charge on any atom is -0.506 e. The molecule has 0 saturated carbocycles. The van der Waals surface area contributed by atoms with Crippen LogP contribution >= 0.6 is 0 Å². The Bertz CT molecular complexity index is 284. The van der Waals surface area contributed by atoms with Gasteiger partial charge >= 0.3 is 0 Å². The number of nitrogens with zero attached hydrogens (tertiary/aromatic N) is 1. The van der Waals surface area contributed by atoms with Crippen molar-refractivity contribution in [2.24, 2.45) is 0 Å². The van der Waals surface area contributed by atoms with Gasteiger partial charge in [-0.2, -0.15) is 0 Å². The van der Waals surface area contributed by atoms with Gasteiger partial charge in [-0.25, -0.2) is 0 Å². The van der Waals surface area contributed by atoms with Gasteiger partial charge in [0.2, 0.25) is 0 Å². The van der Waals surface area contributed by atoms with Crippen molar-refractivity contribution in [3.05, 3.63) is 11.5 Å². The summed E-state index contributed by atoms with van der Waals surface area (Å²) in [5, 5.41) is 55.6. The Morgan fingerprint density at radius 2 is 1.74 bits per heavy atom. The number of hydrogen-bond donors (Lipinski definition) is 6. The van der Waals surface area contributed by atoms with Crippen LogP contribution in [0.1, 0.15) is 0 Å².